The third-order valence-electron chi connectivity index (χ3n) is 5.97. The Labute approximate surface area is 221 Å². The number of nitrogens with one attached hydrogen (secondary N) is 3. The summed E-state index contributed by atoms with van der Waals surface area (Å²) in [5, 5.41) is 8.14. The van der Waals surface area contributed by atoms with Gasteiger partial charge in [-0.2, -0.15) is 0 Å². The lowest BCUT2D eigenvalue weighted by molar-refractivity contribution is -0.137. The molecule has 1 atom stereocenters. The molecule has 0 saturated carbocycles. The highest BCUT2D eigenvalue weighted by atomic mass is 16.6. The summed E-state index contributed by atoms with van der Waals surface area (Å²) in [5.41, 5.74) is 7.18. The predicted octanol–water partition coefficient (Wildman–Crippen LogP) is -0.999. The number of carbonyl (C=O) groups is 4. The summed E-state index contributed by atoms with van der Waals surface area (Å²) >= 11 is 0. The van der Waals surface area contributed by atoms with Crippen LogP contribution in [0.3, 0.4) is 0 Å². The molecule has 3 rings (SSSR count). The first-order chi connectivity index (χ1) is 18.5. The summed E-state index contributed by atoms with van der Waals surface area (Å²) in [7, 11) is 0. The molecule has 2 aliphatic heterocycles. The number of imide groups is 1. The second-order valence-corrected chi connectivity index (χ2v) is 8.67. The Morgan fingerprint density at radius 3 is 2.29 bits per heavy atom. The van der Waals surface area contributed by atoms with Gasteiger partial charge in [-0.1, -0.05) is 6.07 Å². The Bertz CT molecular complexity index is 960. The van der Waals surface area contributed by atoms with Gasteiger partial charge in [0, 0.05) is 42.9 Å². The van der Waals surface area contributed by atoms with E-state index in [0.29, 0.717) is 83.6 Å². The van der Waals surface area contributed by atoms with E-state index in [2.05, 4.69) is 16.0 Å². The number of rotatable bonds is 18. The first-order valence-corrected chi connectivity index (χ1v) is 12.8. The molecule has 13 nitrogen and oxygen atoms in total. The second kappa shape index (κ2) is 16.0. The van der Waals surface area contributed by atoms with Crippen LogP contribution in [0, 0.1) is 0 Å². The van der Waals surface area contributed by atoms with Crippen LogP contribution < -0.4 is 21.7 Å². The van der Waals surface area contributed by atoms with Gasteiger partial charge in [-0.25, -0.2) is 0 Å². The van der Waals surface area contributed by atoms with Gasteiger partial charge in [0.05, 0.1) is 59.4 Å². The zero-order valence-corrected chi connectivity index (χ0v) is 21.5. The third kappa shape index (κ3) is 9.03. The molecule has 1 aromatic carbocycles. The highest BCUT2D eigenvalue weighted by Gasteiger charge is 2.39. The van der Waals surface area contributed by atoms with Gasteiger partial charge < -0.3 is 40.2 Å². The van der Waals surface area contributed by atoms with Crippen molar-refractivity contribution in [3.8, 4) is 0 Å². The molecular weight excluding hydrogens is 498 g/mol. The fourth-order valence-electron chi connectivity index (χ4n) is 4.10. The lowest BCUT2D eigenvalue weighted by Gasteiger charge is -2.29. The standard InChI is InChI=1S/C25H37N5O8/c26-6-8-35-10-12-37-14-15-38-13-11-36-9-7-27-23(32)16-28-20-3-1-2-18-19(20)17-30(25(18)34)21-4-5-22(31)29-24(21)33/h1-3,21,28H,4-17,26H2,(H,27,32)(H,29,31,33). The summed E-state index contributed by atoms with van der Waals surface area (Å²) in [4.78, 5) is 50.3. The molecular formula is C25H37N5O8. The quantitative estimate of drug-likeness (QED) is 0.135. The summed E-state index contributed by atoms with van der Waals surface area (Å²) in [6.45, 7) is 4.75. The number of fused-ring (bicyclic) bond motifs is 1. The molecule has 0 radical (unpaired) electrons. The van der Waals surface area contributed by atoms with Gasteiger partial charge in [0.1, 0.15) is 6.04 Å². The van der Waals surface area contributed by atoms with Crippen LogP contribution in [-0.2, 0) is 39.9 Å². The minimum absolute atomic E-state index is 0.0173. The van der Waals surface area contributed by atoms with Crippen LogP contribution in [0.1, 0.15) is 28.8 Å². The first kappa shape index (κ1) is 29.5. The predicted molar refractivity (Wildman–Crippen MR) is 136 cm³/mol. The highest BCUT2D eigenvalue weighted by Crippen LogP contribution is 2.32. The molecule has 2 heterocycles. The molecule has 1 fully saturated rings. The molecule has 4 amide bonds. The van der Waals surface area contributed by atoms with Crippen LogP contribution in [0.4, 0.5) is 5.69 Å². The minimum Gasteiger partial charge on any atom is -0.378 e. The summed E-state index contributed by atoms with van der Waals surface area (Å²) in [6.07, 6.45) is 0.490. The molecule has 5 N–H and O–H groups in total. The van der Waals surface area contributed by atoms with Crippen LogP contribution in [0.5, 0.6) is 0 Å². The Kier molecular flexibility index (Phi) is 12.4. The van der Waals surface area contributed by atoms with Crippen molar-refractivity contribution in [1.82, 2.24) is 15.5 Å². The molecule has 1 unspecified atom stereocenters. The third-order valence-corrected chi connectivity index (χ3v) is 5.97. The van der Waals surface area contributed by atoms with E-state index in [0.717, 1.165) is 5.56 Å². The smallest absolute Gasteiger partial charge is 0.255 e. The van der Waals surface area contributed by atoms with Crippen LogP contribution in [0.25, 0.3) is 0 Å². The minimum atomic E-state index is -0.686. The van der Waals surface area contributed by atoms with Gasteiger partial charge in [0.2, 0.25) is 17.7 Å². The zero-order valence-electron chi connectivity index (χ0n) is 21.5. The van der Waals surface area contributed by atoms with Crippen molar-refractivity contribution in [2.45, 2.75) is 25.4 Å². The number of piperidine rings is 1. The molecule has 38 heavy (non-hydrogen) atoms. The van der Waals surface area contributed by atoms with Crippen molar-refractivity contribution in [3.63, 3.8) is 0 Å². The molecule has 0 spiro atoms. The van der Waals surface area contributed by atoms with Crippen molar-refractivity contribution in [2.24, 2.45) is 5.73 Å². The van der Waals surface area contributed by atoms with E-state index in [-0.39, 0.29) is 37.2 Å². The average molecular weight is 536 g/mol. The molecule has 13 heteroatoms. The van der Waals surface area contributed by atoms with E-state index in [9.17, 15) is 19.2 Å². The number of benzene rings is 1. The average Bonchev–Trinajstić information content (AvgIpc) is 3.24. The maximum Gasteiger partial charge on any atom is 0.255 e. The number of carbonyl (C=O) groups excluding carboxylic acids is 4. The van der Waals surface area contributed by atoms with Gasteiger partial charge in [0.25, 0.3) is 5.91 Å². The topological polar surface area (TPSA) is 171 Å². The van der Waals surface area contributed by atoms with Crippen molar-refractivity contribution >= 4 is 29.3 Å². The lowest BCUT2D eigenvalue weighted by atomic mass is 10.0. The summed E-state index contributed by atoms with van der Waals surface area (Å²) in [5.74, 6) is -1.27. The number of hydrogen-bond donors (Lipinski definition) is 4. The summed E-state index contributed by atoms with van der Waals surface area (Å²) < 4.78 is 21.4. The van der Waals surface area contributed by atoms with Crippen LogP contribution in [0.15, 0.2) is 18.2 Å². The van der Waals surface area contributed by atoms with Gasteiger partial charge in [0.15, 0.2) is 0 Å². The van der Waals surface area contributed by atoms with Gasteiger partial charge in [-0.05, 0) is 18.6 Å². The number of nitrogens with two attached hydrogens (primary N) is 1. The number of nitrogens with zero attached hydrogens (tertiary/aromatic N) is 1. The maximum atomic E-state index is 12.9. The Morgan fingerprint density at radius 2 is 1.63 bits per heavy atom. The van der Waals surface area contributed by atoms with Crippen molar-refractivity contribution < 1.29 is 38.1 Å². The molecule has 1 saturated heterocycles. The maximum absolute atomic E-state index is 12.9. The number of hydrogen-bond acceptors (Lipinski definition) is 10. The van der Waals surface area contributed by atoms with Crippen molar-refractivity contribution in [3.05, 3.63) is 29.3 Å². The fraction of sp³-hybridized carbons (Fsp3) is 0.600. The normalized spacial score (nSPS) is 16.9. The van der Waals surface area contributed by atoms with E-state index < -0.39 is 11.9 Å². The Morgan fingerprint density at radius 1 is 0.974 bits per heavy atom. The van der Waals surface area contributed by atoms with E-state index in [4.69, 9.17) is 24.7 Å². The SMILES string of the molecule is NCCOCCOCCOCCOCCNC(=O)CNc1cccc2c1CN(C1CCC(=O)NC1=O)C2=O. The van der Waals surface area contributed by atoms with E-state index in [1.165, 1.54) is 4.90 Å². The first-order valence-electron chi connectivity index (χ1n) is 12.8. The highest BCUT2D eigenvalue weighted by molar-refractivity contribution is 6.06. The number of amides is 4. The van der Waals surface area contributed by atoms with Crippen molar-refractivity contribution in [2.75, 3.05) is 77.8 Å². The fourth-order valence-corrected chi connectivity index (χ4v) is 4.10. The number of anilines is 1. The Balaban J connectivity index is 1.27. The molecule has 0 aromatic heterocycles. The van der Waals surface area contributed by atoms with Gasteiger partial charge >= 0.3 is 0 Å². The Hall–Kier alpha value is -3.10. The van der Waals surface area contributed by atoms with Crippen LogP contribution >= 0.6 is 0 Å². The molecule has 210 valence electrons. The zero-order chi connectivity index (χ0) is 27.2. The van der Waals surface area contributed by atoms with Crippen LogP contribution in [0.2, 0.25) is 0 Å². The van der Waals surface area contributed by atoms with Gasteiger partial charge in [-0.3, -0.25) is 24.5 Å². The molecule has 0 aliphatic carbocycles. The molecule has 0 bridgehead atoms. The van der Waals surface area contributed by atoms with Crippen molar-refractivity contribution in [1.29, 1.82) is 0 Å². The lowest BCUT2D eigenvalue weighted by Crippen LogP contribution is -2.52. The molecule has 1 aromatic rings. The molecule has 2 aliphatic rings. The number of ether oxygens (including phenoxy) is 4. The monoisotopic (exact) mass is 535 g/mol. The largest absolute Gasteiger partial charge is 0.378 e. The van der Waals surface area contributed by atoms with E-state index >= 15 is 0 Å². The summed E-state index contributed by atoms with van der Waals surface area (Å²) in [6, 6.07) is 4.53. The van der Waals surface area contributed by atoms with E-state index in [1.54, 1.807) is 18.2 Å². The van der Waals surface area contributed by atoms with E-state index in [1.807, 2.05) is 0 Å². The van der Waals surface area contributed by atoms with Crippen LogP contribution in [-0.4, -0.2) is 107 Å². The second-order valence-electron chi connectivity index (χ2n) is 8.67. The van der Waals surface area contributed by atoms with Gasteiger partial charge in [-0.15, -0.1) is 0 Å².